The molecule has 0 fully saturated rings. The quantitative estimate of drug-likeness (QED) is 0.363. The number of hydrogen-bond acceptors (Lipinski definition) is 2. The Hall–Kier alpha value is -1.51. The molecular formula is C8H6FNO. The minimum absolute atomic E-state index is 0.319. The Kier molecular flexibility index (Phi) is 2.49. The topological polar surface area (TPSA) is 30.0 Å². The molecule has 0 amide bonds. The van der Waals surface area contributed by atoms with Gasteiger partial charge in [0, 0.05) is 11.8 Å². The minimum Gasteiger partial charge on any atom is -0.299 e. The van der Waals surface area contributed by atoms with Crippen LogP contribution in [-0.2, 0) is 4.79 Å². The molecule has 1 aromatic rings. The maximum Gasteiger partial charge on any atom is 0.220 e. The lowest BCUT2D eigenvalue weighted by molar-refractivity contribution is -0.104. The molecule has 0 aromatic carbocycles. The van der Waals surface area contributed by atoms with Crippen molar-refractivity contribution in [3.8, 4) is 0 Å². The van der Waals surface area contributed by atoms with Crippen molar-refractivity contribution in [3.63, 3.8) is 0 Å². The number of carbonyl (C=O) groups excluding carboxylic acids is 1. The van der Waals surface area contributed by atoms with E-state index in [0.29, 0.717) is 11.8 Å². The summed E-state index contributed by atoms with van der Waals surface area (Å²) in [5, 5.41) is 0. The highest BCUT2D eigenvalue weighted by Gasteiger charge is 1.94. The lowest BCUT2D eigenvalue weighted by atomic mass is 10.2. The molecule has 0 aliphatic carbocycles. The summed E-state index contributed by atoms with van der Waals surface area (Å²) in [6.07, 6.45) is 4.54. The Bertz CT molecular complexity index is 283. The van der Waals surface area contributed by atoms with E-state index < -0.39 is 5.95 Å². The first-order valence-electron chi connectivity index (χ1n) is 3.07. The van der Waals surface area contributed by atoms with Gasteiger partial charge >= 0.3 is 0 Å². The Balaban J connectivity index is 2.94. The number of rotatable bonds is 2. The van der Waals surface area contributed by atoms with Crippen molar-refractivity contribution < 1.29 is 9.18 Å². The molecule has 1 rings (SSSR count). The van der Waals surface area contributed by atoms with Crippen LogP contribution >= 0.6 is 0 Å². The summed E-state index contributed by atoms with van der Waals surface area (Å²) >= 11 is 0. The lowest BCUT2D eigenvalue weighted by Crippen LogP contribution is -1.84. The van der Waals surface area contributed by atoms with Crippen LogP contribution in [0.4, 0.5) is 4.39 Å². The summed E-state index contributed by atoms with van der Waals surface area (Å²) in [5.74, 6) is -0.564. The molecule has 0 bridgehead atoms. The van der Waals surface area contributed by atoms with E-state index in [9.17, 15) is 9.18 Å². The molecule has 0 radical (unpaired) electrons. The van der Waals surface area contributed by atoms with Gasteiger partial charge in [-0.1, -0.05) is 0 Å². The molecule has 0 atom stereocenters. The zero-order valence-corrected chi connectivity index (χ0v) is 5.70. The Morgan fingerprint density at radius 3 is 3.00 bits per heavy atom. The van der Waals surface area contributed by atoms with Gasteiger partial charge in [0.1, 0.15) is 6.29 Å². The smallest absolute Gasteiger partial charge is 0.220 e. The number of aldehydes is 1. The Morgan fingerprint density at radius 2 is 2.36 bits per heavy atom. The first-order chi connectivity index (χ1) is 5.34. The van der Waals surface area contributed by atoms with Crippen molar-refractivity contribution in [1.29, 1.82) is 0 Å². The Morgan fingerprint density at radius 1 is 1.55 bits per heavy atom. The van der Waals surface area contributed by atoms with Crippen molar-refractivity contribution in [2.24, 2.45) is 0 Å². The monoisotopic (exact) mass is 151 g/mol. The first-order valence-corrected chi connectivity index (χ1v) is 3.07. The molecule has 0 unspecified atom stereocenters. The number of hydrogen-bond donors (Lipinski definition) is 0. The van der Waals surface area contributed by atoms with Crippen molar-refractivity contribution in [2.75, 3.05) is 0 Å². The van der Waals surface area contributed by atoms with Crippen LogP contribution in [0.15, 0.2) is 24.4 Å². The fourth-order valence-corrected chi connectivity index (χ4v) is 0.666. The van der Waals surface area contributed by atoms with Gasteiger partial charge in [-0.3, -0.25) is 4.79 Å². The van der Waals surface area contributed by atoms with Crippen molar-refractivity contribution in [1.82, 2.24) is 4.98 Å². The number of carbonyl (C=O) groups is 1. The fraction of sp³-hybridized carbons (Fsp3) is 0. The number of allylic oxidation sites excluding steroid dienone is 1. The molecule has 3 heteroatoms. The summed E-state index contributed by atoms with van der Waals surface area (Å²) in [7, 11) is 0. The van der Waals surface area contributed by atoms with Crippen LogP contribution in [0.5, 0.6) is 0 Å². The zero-order chi connectivity index (χ0) is 8.10. The third-order valence-corrected chi connectivity index (χ3v) is 1.14. The Labute approximate surface area is 63.4 Å². The highest BCUT2D eigenvalue weighted by atomic mass is 19.1. The molecule has 0 saturated heterocycles. The summed E-state index contributed by atoms with van der Waals surface area (Å²) in [6, 6.07) is 3.15. The fourth-order valence-electron chi connectivity index (χ4n) is 0.666. The molecule has 56 valence electrons. The molecule has 0 saturated carbocycles. The predicted octanol–water partition coefficient (Wildman–Crippen LogP) is 1.43. The van der Waals surface area contributed by atoms with Gasteiger partial charge in [0.2, 0.25) is 5.95 Å². The molecule has 0 aliphatic rings. The van der Waals surface area contributed by atoms with E-state index in [4.69, 9.17) is 0 Å². The van der Waals surface area contributed by atoms with Crippen molar-refractivity contribution in [2.45, 2.75) is 0 Å². The molecule has 0 N–H and O–H groups in total. The number of pyridine rings is 1. The third kappa shape index (κ3) is 1.97. The summed E-state index contributed by atoms with van der Waals surface area (Å²) < 4.78 is 12.6. The highest BCUT2D eigenvalue weighted by molar-refractivity contribution is 5.73. The highest BCUT2D eigenvalue weighted by Crippen LogP contribution is 2.03. The van der Waals surface area contributed by atoms with E-state index in [1.807, 2.05) is 0 Å². The largest absolute Gasteiger partial charge is 0.299 e. The number of aromatic nitrogens is 1. The first kappa shape index (κ1) is 7.60. The second kappa shape index (κ2) is 3.61. The average Bonchev–Trinajstić information content (AvgIpc) is 2.03. The standard InChI is InChI=1S/C8H6FNO/c9-8-7(4-2-6-11)3-1-5-10-8/h1-6H. The van der Waals surface area contributed by atoms with E-state index in [1.165, 1.54) is 18.3 Å². The predicted molar refractivity (Wildman–Crippen MR) is 39.3 cm³/mol. The van der Waals surface area contributed by atoms with Crippen LogP contribution < -0.4 is 0 Å². The van der Waals surface area contributed by atoms with Crippen LogP contribution in [0.2, 0.25) is 0 Å². The molecular weight excluding hydrogens is 145 g/mol. The van der Waals surface area contributed by atoms with E-state index in [1.54, 1.807) is 12.1 Å². The van der Waals surface area contributed by atoms with Crippen LogP contribution in [0.1, 0.15) is 5.56 Å². The van der Waals surface area contributed by atoms with Gasteiger partial charge in [-0.15, -0.1) is 0 Å². The van der Waals surface area contributed by atoms with Crippen molar-refractivity contribution in [3.05, 3.63) is 35.9 Å². The summed E-state index contributed by atoms with van der Waals surface area (Å²) in [6.45, 7) is 0. The van der Waals surface area contributed by atoms with Crippen molar-refractivity contribution >= 4 is 12.4 Å². The molecule has 2 nitrogen and oxygen atoms in total. The molecule has 0 aliphatic heterocycles. The second-order valence-electron chi connectivity index (χ2n) is 1.88. The van der Waals surface area contributed by atoms with Crippen LogP contribution in [0.25, 0.3) is 6.08 Å². The van der Waals surface area contributed by atoms with Gasteiger partial charge in [-0.05, 0) is 24.3 Å². The third-order valence-electron chi connectivity index (χ3n) is 1.14. The van der Waals surface area contributed by atoms with Gasteiger partial charge in [0.15, 0.2) is 0 Å². The maximum absolute atomic E-state index is 12.6. The second-order valence-corrected chi connectivity index (χ2v) is 1.88. The van der Waals surface area contributed by atoms with E-state index in [0.717, 1.165) is 0 Å². The SMILES string of the molecule is O=CC=Cc1cccnc1F. The number of halogens is 1. The lowest BCUT2D eigenvalue weighted by Gasteiger charge is -1.91. The molecule has 1 heterocycles. The van der Waals surface area contributed by atoms with E-state index in [2.05, 4.69) is 4.98 Å². The van der Waals surface area contributed by atoms with Crippen LogP contribution in [-0.4, -0.2) is 11.3 Å². The van der Waals surface area contributed by atoms with E-state index >= 15 is 0 Å². The minimum atomic E-state index is -0.564. The van der Waals surface area contributed by atoms with Crippen LogP contribution in [0, 0.1) is 5.95 Å². The summed E-state index contributed by atoms with van der Waals surface area (Å²) in [4.78, 5) is 13.3. The van der Waals surface area contributed by atoms with Crippen LogP contribution in [0.3, 0.4) is 0 Å². The van der Waals surface area contributed by atoms with Gasteiger partial charge < -0.3 is 0 Å². The zero-order valence-electron chi connectivity index (χ0n) is 5.70. The molecule has 0 spiro atoms. The maximum atomic E-state index is 12.6. The van der Waals surface area contributed by atoms with Gasteiger partial charge in [-0.25, -0.2) is 4.98 Å². The number of nitrogens with zero attached hydrogens (tertiary/aromatic N) is 1. The normalized spacial score (nSPS) is 10.3. The average molecular weight is 151 g/mol. The van der Waals surface area contributed by atoms with E-state index in [-0.39, 0.29) is 0 Å². The van der Waals surface area contributed by atoms with Gasteiger partial charge in [-0.2, -0.15) is 4.39 Å². The van der Waals surface area contributed by atoms with Gasteiger partial charge in [0.25, 0.3) is 0 Å². The summed E-state index contributed by atoms with van der Waals surface area (Å²) in [5.41, 5.74) is 0.319. The molecule has 11 heavy (non-hydrogen) atoms. The van der Waals surface area contributed by atoms with Gasteiger partial charge in [0.05, 0.1) is 0 Å². The molecule has 1 aromatic heterocycles.